The molecule has 1 unspecified atom stereocenters. The third-order valence-corrected chi connectivity index (χ3v) is 3.99. The monoisotopic (exact) mass is 280 g/mol. The average Bonchev–Trinajstić information content (AvgIpc) is 2.40. The van der Waals surface area contributed by atoms with E-state index in [1.165, 1.54) is 18.9 Å². The highest BCUT2D eigenvalue weighted by Crippen LogP contribution is 2.22. The molecular formula is C16H28N2O2. The van der Waals surface area contributed by atoms with Crippen LogP contribution < -0.4 is 5.32 Å². The van der Waals surface area contributed by atoms with Gasteiger partial charge in [-0.1, -0.05) is 32.8 Å². The molecule has 20 heavy (non-hydrogen) atoms. The summed E-state index contributed by atoms with van der Waals surface area (Å²) in [5.41, 5.74) is 0.810. The standard InChI is InChI=1S/C16H28N2O2/c1-5-12(6-2)15(18(3)4)11-17-10-13-7-8-14(19)9-16(13)20/h7-9,12,15,17,19-20H,5-6,10-11H2,1-4H3. The van der Waals surface area contributed by atoms with Crippen molar-refractivity contribution in [2.75, 3.05) is 20.6 Å². The molecule has 0 saturated carbocycles. The van der Waals surface area contributed by atoms with Gasteiger partial charge in [-0.05, 0) is 26.1 Å². The number of phenolic OH excluding ortho intramolecular Hbond substituents is 2. The third kappa shape index (κ3) is 4.69. The van der Waals surface area contributed by atoms with Crippen molar-refractivity contribution in [1.82, 2.24) is 10.2 Å². The summed E-state index contributed by atoms with van der Waals surface area (Å²) in [6, 6.07) is 5.21. The van der Waals surface area contributed by atoms with Crippen molar-refractivity contribution in [2.24, 2.45) is 5.92 Å². The van der Waals surface area contributed by atoms with Crippen LogP contribution in [0.3, 0.4) is 0 Å². The van der Waals surface area contributed by atoms with Gasteiger partial charge >= 0.3 is 0 Å². The minimum atomic E-state index is 0.0921. The molecule has 0 spiro atoms. The van der Waals surface area contributed by atoms with E-state index < -0.39 is 0 Å². The van der Waals surface area contributed by atoms with Crippen molar-refractivity contribution in [1.29, 1.82) is 0 Å². The van der Waals surface area contributed by atoms with Gasteiger partial charge in [0.1, 0.15) is 11.5 Å². The van der Waals surface area contributed by atoms with Gasteiger partial charge in [-0.2, -0.15) is 0 Å². The minimum absolute atomic E-state index is 0.0921. The Hall–Kier alpha value is -1.26. The lowest BCUT2D eigenvalue weighted by atomic mass is 9.93. The number of nitrogens with one attached hydrogen (secondary N) is 1. The number of rotatable bonds is 8. The van der Waals surface area contributed by atoms with E-state index in [1.54, 1.807) is 12.1 Å². The summed E-state index contributed by atoms with van der Waals surface area (Å²) in [6.07, 6.45) is 2.34. The molecular weight excluding hydrogens is 252 g/mol. The van der Waals surface area contributed by atoms with Crippen LogP contribution in [0.1, 0.15) is 32.3 Å². The molecule has 0 fully saturated rings. The van der Waals surface area contributed by atoms with Gasteiger partial charge in [0, 0.05) is 30.8 Å². The largest absolute Gasteiger partial charge is 0.508 e. The maximum Gasteiger partial charge on any atom is 0.123 e. The highest BCUT2D eigenvalue weighted by Gasteiger charge is 2.20. The van der Waals surface area contributed by atoms with Crippen LogP contribution in [-0.4, -0.2) is 41.8 Å². The summed E-state index contributed by atoms with van der Waals surface area (Å²) in [5, 5.41) is 22.4. The van der Waals surface area contributed by atoms with E-state index in [4.69, 9.17) is 0 Å². The van der Waals surface area contributed by atoms with Crippen LogP contribution in [0.15, 0.2) is 18.2 Å². The highest BCUT2D eigenvalue weighted by atomic mass is 16.3. The summed E-state index contributed by atoms with van der Waals surface area (Å²) in [4.78, 5) is 2.27. The van der Waals surface area contributed by atoms with Crippen molar-refractivity contribution >= 4 is 0 Å². The second kappa shape index (κ2) is 8.12. The minimum Gasteiger partial charge on any atom is -0.508 e. The number of nitrogens with zero attached hydrogens (tertiary/aromatic N) is 1. The second-order valence-corrected chi connectivity index (χ2v) is 5.55. The Morgan fingerprint density at radius 1 is 1.15 bits per heavy atom. The zero-order valence-corrected chi connectivity index (χ0v) is 13.1. The Kier molecular flexibility index (Phi) is 6.82. The summed E-state index contributed by atoms with van der Waals surface area (Å²) in [7, 11) is 4.23. The van der Waals surface area contributed by atoms with E-state index in [-0.39, 0.29) is 11.5 Å². The van der Waals surface area contributed by atoms with Gasteiger partial charge in [-0.15, -0.1) is 0 Å². The zero-order valence-electron chi connectivity index (χ0n) is 13.1. The van der Waals surface area contributed by atoms with Gasteiger partial charge in [-0.3, -0.25) is 0 Å². The number of aromatic hydroxyl groups is 2. The first-order chi connectivity index (χ1) is 9.49. The lowest BCUT2D eigenvalue weighted by Crippen LogP contribution is -2.42. The highest BCUT2D eigenvalue weighted by molar-refractivity contribution is 5.38. The van der Waals surface area contributed by atoms with Crippen LogP contribution >= 0.6 is 0 Å². The summed E-state index contributed by atoms with van der Waals surface area (Å²) < 4.78 is 0. The van der Waals surface area contributed by atoms with E-state index in [1.807, 2.05) is 0 Å². The van der Waals surface area contributed by atoms with E-state index >= 15 is 0 Å². The van der Waals surface area contributed by atoms with Crippen molar-refractivity contribution < 1.29 is 10.2 Å². The van der Waals surface area contributed by atoms with Crippen LogP contribution in [0.5, 0.6) is 11.5 Å². The number of benzene rings is 1. The topological polar surface area (TPSA) is 55.7 Å². The lowest BCUT2D eigenvalue weighted by Gasteiger charge is -2.31. The SMILES string of the molecule is CCC(CC)C(CNCc1ccc(O)cc1O)N(C)C. The van der Waals surface area contributed by atoms with Crippen molar-refractivity contribution in [3.05, 3.63) is 23.8 Å². The van der Waals surface area contributed by atoms with Crippen molar-refractivity contribution in [3.63, 3.8) is 0 Å². The van der Waals surface area contributed by atoms with Gasteiger partial charge in [0.25, 0.3) is 0 Å². The molecule has 0 aromatic heterocycles. The van der Waals surface area contributed by atoms with Crippen molar-refractivity contribution in [3.8, 4) is 11.5 Å². The number of likely N-dealkylation sites (N-methyl/N-ethyl adjacent to an activating group) is 1. The molecule has 114 valence electrons. The van der Waals surface area contributed by atoms with Crippen molar-refractivity contribution in [2.45, 2.75) is 39.3 Å². The third-order valence-electron chi connectivity index (χ3n) is 3.99. The molecule has 0 aliphatic heterocycles. The molecule has 0 aliphatic rings. The Labute approximate surface area is 122 Å². The smallest absolute Gasteiger partial charge is 0.123 e. The Balaban J connectivity index is 2.56. The molecule has 1 rings (SSSR count). The van der Waals surface area contributed by atoms with E-state index in [9.17, 15) is 10.2 Å². The molecule has 3 N–H and O–H groups in total. The molecule has 0 heterocycles. The fourth-order valence-electron chi connectivity index (χ4n) is 2.66. The van der Waals surface area contributed by atoms with Crippen LogP contribution in [0.2, 0.25) is 0 Å². The summed E-state index contributed by atoms with van der Waals surface area (Å²) >= 11 is 0. The normalized spacial score (nSPS) is 13.1. The van der Waals surface area contributed by atoms with E-state index in [0.717, 1.165) is 12.1 Å². The van der Waals surface area contributed by atoms with Crippen LogP contribution in [0, 0.1) is 5.92 Å². The molecule has 0 radical (unpaired) electrons. The fraction of sp³-hybridized carbons (Fsp3) is 0.625. The van der Waals surface area contributed by atoms with Crippen LogP contribution in [0.25, 0.3) is 0 Å². The van der Waals surface area contributed by atoms with Gasteiger partial charge < -0.3 is 20.4 Å². The number of phenols is 2. The first kappa shape index (κ1) is 16.8. The summed E-state index contributed by atoms with van der Waals surface area (Å²) in [6.45, 7) is 5.96. The molecule has 4 nitrogen and oxygen atoms in total. The molecule has 4 heteroatoms. The Morgan fingerprint density at radius 3 is 2.30 bits per heavy atom. The Bertz CT molecular complexity index is 403. The first-order valence-corrected chi connectivity index (χ1v) is 7.37. The van der Waals surface area contributed by atoms with Crippen LogP contribution in [0.4, 0.5) is 0 Å². The maximum atomic E-state index is 9.76. The number of hydrogen-bond acceptors (Lipinski definition) is 4. The summed E-state index contributed by atoms with van der Waals surface area (Å²) in [5.74, 6) is 0.904. The zero-order chi connectivity index (χ0) is 15.1. The molecule has 0 saturated heterocycles. The quantitative estimate of drug-likeness (QED) is 0.685. The van der Waals surface area contributed by atoms with Gasteiger partial charge in [0.05, 0.1) is 0 Å². The number of hydrogen-bond donors (Lipinski definition) is 3. The molecule has 0 aliphatic carbocycles. The second-order valence-electron chi connectivity index (χ2n) is 5.55. The lowest BCUT2D eigenvalue weighted by molar-refractivity contribution is 0.194. The molecule has 1 aromatic carbocycles. The molecule has 0 bridgehead atoms. The van der Waals surface area contributed by atoms with Gasteiger partial charge in [0.2, 0.25) is 0 Å². The van der Waals surface area contributed by atoms with Gasteiger partial charge in [-0.25, -0.2) is 0 Å². The first-order valence-electron chi connectivity index (χ1n) is 7.37. The predicted molar refractivity (Wildman–Crippen MR) is 83.0 cm³/mol. The van der Waals surface area contributed by atoms with Gasteiger partial charge in [0.15, 0.2) is 0 Å². The average molecular weight is 280 g/mol. The molecule has 0 amide bonds. The predicted octanol–water partition coefficient (Wildman–Crippen LogP) is 2.55. The molecule has 1 aromatic rings. The fourth-order valence-corrected chi connectivity index (χ4v) is 2.66. The maximum absolute atomic E-state index is 9.76. The van der Waals surface area contributed by atoms with E-state index in [2.05, 4.69) is 38.2 Å². The van der Waals surface area contributed by atoms with Crippen LogP contribution in [-0.2, 0) is 6.54 Å². The Morgan fingerprint density at radius 2 is 1.80 bits per heavy atom. The van der Waals surface area contributed by atoms with E-state index in [0.29, 0.717) is 18.5 Å². The molecule has 1 atom stereocenters.